The highest BCUT2D eigenvalue weighted by Gasteiger charge is 2.74. The molecular weight excluding hydrogens is 468 g/mol. The number of carbonyl (C=O) groups is 1. The summed E-state index contributed by atoms with van der Waals surface area (Å²) >= 11 is 2.23. The van der Waals surface area contributed by atoms with E-state index in [1.54, 1.807) is 0 Å². The highest BCUT2D eigenvalue weighted by atomic mass is 127. The van der Waals surface area contributed by atoms with Crippen molar-refractivity contribution in [3.63, 3.8) is 0 Å². The van der Waals surface area contributed by atoms with Crippen molar-refractivity contribution in [1.29, 1.82) is 0 Å². The summed E-state index contributed by atoms with van der Waals surface area (Å²) in [6.07, 6.45) is 2.20. The van der Waals surface area contributed by atoms with Gasteiger partial charge in [-0.2, -0.15) is 0 Å². The zero-order valence-corrected chi connectivity index (χ0v) is 16.8. The molecule has 1 saturated carbocycles. The van der Waals surface area contributed by atoms with E-state index in [1.165, 1.54) is 24.3 Å². The zero-order valence-electron chi connectivity index (χ0n) is 13.8. The van der Waals surface area contributed by atoms with Gasteiger partial charge in [0.05, 0.1) is 4.90 Å². The van der Waals surface area contributed by atoms with Crippen LogP contribution in [-0.4, -0.2) is 21.4 Å². The summed E-state index contributed by atoms with van der Waals surface area (Å²) in [5.74, 6) is -0.687. The van der Waals surface area contributed by atoms with Gasteiger partial charge in [0, 0.05) is 16.0 Å². The third-order valence-corrected chi connectivity index (χ3v) is 8.96. The predicted octanol–water partition coefficient (Wildman–Crippen LogP) is 3.04. The average molecular weight is 485 g/mol. The first-order valence-corrected chi connectivity index (χ1v) is 10.9. The molecule has 0 saturated heterocycles. The van der Waals surface area contributed by atoms with Crippen molar-refractivity contribution in [2.24, 2.45) is 11.8 Å². The van der Waals surface area contributed by atoms with Crippen LogP contribution in [0.5, 0.6) is 0 Å². The van der Waals surface area contributed by atoms with Gasteiger partial charge in [-0.05, 0) is 88.9 Å². The Kier molecular flexibility index (Phi) is 4.34. The molecule has 2 aliphatic rings. The molecule has 2 aromatic carbocycles. The van der Waals surface area contributed by atoms with Crippen molar-refractivity contribution in [1.82, 2.24) is 5.32 Å². The Morgan fingerprint density at radius 2 is 1.96 bits per heavy atom. The first-order valence-electron chi connectivity index (χ1n) is 8.39. The quantitative estimate of drug-likeness (QED) is 0.403. The van der Waals surface area contributed by atoms with E-state index in [2.05, 4.69) is 27.9 Å². The predicted molar refractivity (Wildman–Crippen MR) is 104 cm³/mol. The van der Waals surface area contributed by atoms with Crippen LogP contribution in [0.1, 0.15) is 17.5 Å². The van der Waals surface area contributed by atoms with Crippen molar-refractivity contribution in [2.45, 2.75) is 22.5 Å². The first-order chi connectivity index (χ1) is 12.4. The summed E-state index contributed by atoms with van der Waals surface area (Å²) in [5, 5.41) is 2.66. The zero-order chi connectivity index (χ0) is 18.5. The first kappa shape index (κ1) is 17.9. The molecule has 0 aliphatic heterocycles. The third-order valence-electron chi connectivity index (χ3n) is 5.68. The molecule has 0 aromatic heterocycles. The van der Waals surface area contributed by atoms with Gasteiger partial charge in [-0.3, -0.25) is 4.79 Å². The summed E-state index contributed by atoms with van der Waals surface area (Å²) in [6.45, 7) is 0.319. The lowest BCUT2D eigenvalue weighted by molar-refractivity contribution is -0.109. The largest absolute Gasteiger partial charge is 0.358 e. The minimum Gasteiger partial charge on any atom is -0.358 e. The van der Waals surface area contributed by atoms with Gasteiger partial charge in [-0.25, -0.2) is 12.8 Å². The second kappa shape index (κ2) is 6.30. The molecule has 0 bridgehead atoms. The number of benzene rings is 2. The molecule has 26 heavy (non-hydrogen) atoms. The van der Waals surface area contributed by atoms with Gasteiger partial charge >= 0.3 is 0 Å². The number of rotatable bonds is 5. The molecular formula is C19H17FINO3S. The Balaban J connectivity index is 1.89. The van der Waals surface area contributed by atoms with E-state index in [4.69, 9.17) is 0 Å². The number of halogens is 2. The lowest BCUT2D eigenvalue weighted by Gasteiger charge is -2.26. The molecule has 4 nitrogen and oxygen atoms in total. The molecule has 1 N–H and O–H groups in total. The Labute approximate surface area is 165 Å². The smallest absolute Gasteiger partial charge is 0.207 e. The fraction of sp³-hybridized carbons (Fsp3) is 0.316. The Hall–Kier alpha value is -1.48. The molecule has 0 heterocycles. The maximum atomic E-state index is 13.6. The van der Waals surface area contributed by atoms with E-state index >= 15 is 0 Å². The van der Waals surface area contributed by atoms with Crippen molar-refractivity contribution >= 4 is 38.8 Å². The second-order valence-electron chi connectivity index (χ2n) is 6.83. The standard InChI is InChI=1S/C19H17FINO3S/c20-13-2-5-15(6-3-13)26(24,25)19-16-8-4-14(21)9-12(16)1-7-17(19)18(19)10-22-11-23/h2-6,8-9,11,17-18H,1,7,10H2,(H,22,23). The number of amides is 1. The van der Waals surface area contributed by atoms with Crippen LogP contribution >= 0.6 is 22.6 Å². The van der Waals surface area contributed by atoms with Gasteiger partial charge < -0.3 is 5.32 Å². The van der Waals surface area contributed by atoms with Crippen LogP contribution in [0.3, 0.4) is 0 Å². The maximum Gasteiger partial charge on any atom is 0.207 e. The molecule has 3 unspecified atom stereocenters. The van der Waals surface area contributed by atoms with E-state index in [9.17, 15) is 17.6 Å². The molecule has 7 heteroatoms. The topological polar surface area (TPSA) is 63.2 Å². The molecule has 1 amide bonds. The number of carbonyl (C=O) groups excluding carboxylic acids is 1. The molecule has 136 valence electrons. The van der Waals surface area contributed by atoms with Crippen LogP contribution in [0.4, 0.5) is 4.39 Å². The van der Waals surface area contributed by atoms with Crippen LogP contribution in [0.15, 0.2) is 47.4 Å². The highest BCUT2D eigenvalue weighted by Crippen LogP contribution is 2.69. The molecule has 4 rings (SSSR count). The van der Waals surface area contributed by atoms with Crippen LogP contribution in [0.25, 0.3) is 0 Å². The summed E-state index contributed by atoms with van der Waals surface area (Å²) < 4.78 is 40.6. The second-order valence-corrected chi connectivity index (χ2v) is 10.2. The van der Waals surface area contributed by atoms with Crippen LogP contribution in [0.2, 0.25) is 0 Å². The van der Waals surface area contributed by atoms with Crippen molar-refractivity contribution in [3.05, 3.63) is 63.0 Å². The van der Waals surface area contributed by atoms with Crippen molar-refractivity contribution in [3.8, 4) is 0 Å². The lowest BCUT2D eigenvalue weighted by Crippen LogP contribution is -2.31. The number of sulfone groups is 1. The minimum absolute atomic E-state index is 0.0439. The molecule has 0 spiro atoms. The van der Waals surface area contributed by atoms with Gasteiger partial charge in [-0.15, -0.1) is 0 Å². The number of hydrogen-bond donors (Lipinski definition) is 1. The normalized spacial score (nSPS) is 26.5. The summed E-state index contributed by atoms with van der Waals surface area (Å²) in [4.78, 5) is 10.9. The third kappa shape index (κ3) is 2.43. The van der Waals surface area contributed by atoms with Gasteiger partial charge in [0.15, 0.2) is 9.84 Å². The van der Waals surface area contributed by atoms with E-state index in [0.717, 1.165) is 27.5 Å². The molecule has 3 atom stereocenters. The minimum atomic E-state index is -3.74. The number of nitrogens with one attached hydrogen (secondary N) is 1. The van der Waals surface area contributed by atoms with Crippen LogP contribution in [-0.2, 0) is 25.8 Å². The number of aryl methyl sites for hydroxylation is 1. The van der Waals surface area contributed by atoms with Crippen molar-refractivity contribution < 1.29 is 17.6 Å². The molecule has 2 aliphatic carbocycles. The molecule has 1 fully saturated rings. The lowest BCUT2D eigenvalue weighted by atomic mass is 9.91. The van der Waals surface area contributed by atoms with E-state index in [0.29, 0.717) is 13.0 Å². The van der Waals surface area contributed by atoms with Gasteiger partial charge in [-0.1, -0.05) is 6.07 Å². The van der Waals surface area contributed by atoms with Crippen LogP contribution in [0, 0.1) is 21.2 Å². The van der Waals surface area contributed by atoms with E-state index in [-0.39, 0.29) is 16.7 Å². The van der Waals surface area contributed by atoms with Gasteiger partial charge in [0.1, 0.15) is 10.6 Å². The summed E-state index contributed by atoms with van der Waals surface area (Å²) in [6, 6.07) is 10.9. The average Bonchev–Trinajstić information content (AvgIpc) is 3.30. The Bertz CT molecular complexity index is 977. The Morgan fingerprint density at radius 1 is 1.23 bits per heavy atom. The molecule has 0 radical (unpaired) electrons. The number of hydrogen-bond acceptors (Lipinski definition) is 3. The highest BCUT2D eigenvalue weighted by molar-refractivity contribution is 14.1. The van der Waals surface area contributed by atoms with Crippen LogP contribution < -0.4 is 5.32 Å². The van der Waals surface area contributed by atoms with Gasteiger partial charge in [0.2, 0.25) is 6.41 Å². The van der Waals surface area contributed by atoms with Crippen molar-refractivity contribution in [2.75, 3.05) is 6.54 Å². The number of fused-ring (bicyclic) bond motifs is 3. The summed E-state index contributed by atoms with van der Waals surface area (Å²) in [7, 11) is -3.74. The molecule has 2 aromatic rings. The monoisotopic (exact) mass is 485 g/mol. The summed E-state index contributed by atoms with van der Waals surface area (Å²) in [5.41, 5.74) is 1.88. The van der Waals surface area contributed by atoms with E-state index in [1.807, 2.05) is 18.2 Å². The van der Waals surface area contributed by atoms with E-state index < -0.39 is 20.4 Å². The fourth-order valence-electron chi connectivity index (χ4n) is 4.61. The fourth-order valence-corrected chi connectivity index (χ4v) is 7.79. The Morgan fingerprint density at radius 3 is 2.65 bits per heavy atom. The SMILES string of the molecule is O=CNCC1C2CCc3cc(I)ccc3C21S(=O)(=O)c1ccc(F)cc1. The maximum absolute atomic E-state index is 13.6. The van der Waals surface area contributed by atoms with Gasteiger partial charge in [0.25, 0.3) is 0 Å².